The number of pyridine rings is 2. The van der Waals surface area contributed by atoms with Crippen LogP contribution in [0.4, 0.5) is 23.7 Å². The molecule has 176 valence electrons. The summed E-state index contributed by atoms with van der Waals surface area (Å²) in [4.78, 5) is 20.6. The Bertz CT molecular complexity index is 1330. The van der Waals surface area contributed by atoms with Gasteiger partial charge in [0.1, 0.15) is 17.8 Å². The first-order chi connectivity index (χ1) is 16.0. The Balaban J connectivity index is 1.56. The van der Waals surface area contributed by atoms with E-state index in [1.54, 1.807) is 55.8 Å². The number of carbonyl (C=O) groups is 1. The average molecular weight is 469 g/mol. The van der Waals surface area contributed by atoms with E-state index in [-0.39, 0.29) is 0 Å². The number of nitrogens with zero attached hydrogens (tertiary/aromatic N) is 3. The molecule has 0 fully saturated rings. The molecule has 10 heteroatoms. The van der Waals surface area contributed by atoms with E-state index in [1.807, 2.05) is 34.9 Å². The fraction of sp³-hybridized carbons (Fsp3) is 0.208. The number of benzene rings is 1. The van der Waals surface area contributed by atoms with Gasteiger partial charge >= 0.3 is 12.2 Å². The maximum atomic E-state index is 12.3. The second-order valence-corrected chi connectivity index (χ2v) is 8.28. The van der Waals surface area contributed by atoms with E-state index in [2.05, 4.69) is 15.3 Å². The number of aromatic nitrogens is 3. The van der Waals surface area contributed by atoms with Gasteiger partial charge in [0.05, 0.1) is 17.6 Å². The van der Waals surface area contributed by atoms with Crippen LogP contribution in [-0.4, -0.2) is 38.2 Å². The molecule has 1 aromatic carbocycles. The van der Waals surface area contributed by atoms with Gasteiger partial charge in [-0.05, 0) is 49.7 Å². The minimum atomic E-state index is -4.48. The van der Waals surface area contributed by atoms with Crippen LogP contribution in [-0.2, 0) is 5.60 Å². The Kier molecular flexibility index (Phi) is 6.01. The van der Waals surface area contributed by atoms with Gasteiger partial charge in [0.15, 0.2) is 0 Å². The Labute approximate surface area is 193 Å². The molecule has 4 rings (SSSR count). The van der Waals surface area contributed by atoms with Crippen LogP contribution < -0.4 is 10.6 Å². The second kappa shape index (κ2) is 8.79. The Morgan fingerprint density at radius 3 is 2.47 bits per heavy atom. The highest BCUT2D eigenvalue weighted by Gasteiger charge is 2.27. The van der Waals surface area contributed by atoms with Gasteiger partial charge in [0.25, 0.3) is 0 Å². The maximum Gasteiger partial charge on any atom is 0.405 e. The summed E-state index contributed by atoms with van der Waals surface area (Å²) in [5, 5.41) is 14.3. The number of urea groups is 1. The van der Waals surface area contributed by atoms with Crippen molar-refractivity contribution in [1.29, 1.82) is 0 Å². The molecule has 4 aromatic rings. The lowest BCUT2D eigenvalue weighted by Crippen LogP contribution is -2.36. The van der Waals surface area contributed by atoms with Crippen molar-refractivity contribution in [3.8, 4) is 22.4 Å². The first kappa shape index (κ1) is 23.2. The number of alkyl halides is 3. The average Bonchev–Trinajstić information content (AvgIpc) is 3.20. The molecule has 0 spiro atoms. The van der Waals surface area contributed by atoms with Crippen molar-refractivity contribution in [3.63, 3.8) is 0 Å². The molecule has 0 aliphatic carbocycles. The van der Waals surface area contributed by atoms with Crippen molar-refractivity contribution in [2.75, 3.05) is 11.9 Å². The molecule has 0 bridgehead atoms. The van der Waals surface area contributed by atoms with Crippen LogP contribution in [0.25, 0.3) is 28.0 Å². The molecule has 0 aliphatic heterocycles. The minimum absolute atomic E-state index is 0.349. The number of halogens is 3. The Morgan fingerprint density at radius 1 is 1.00 bits per heavy atom. The van der Waals surface area contributed by atoms with E-state index in [0.717, 1.165) is 22.4 Å². The summed E-state index contributed by atoms with van der Waals surface area (Å²) in [5.74, 6) is 0. The van der Waals surface area contributed by atoms with Gasteiger partial charge in [-0.2, -0.15) is 13.2 Å². The molecule has 2 amide bonds. The summed E-state index contributed by atoms with van der Waals surface area (Å²) in [5.41, 5.74) is 3.82. The minimum Gasteiger partial charge on any atom is -0.384 e. The Hall–Kier alpha value is -3.92. The molecule has 0 radical (unpaired) electrons. The first-order valence-corrected chi connectivity index (χ1v) is 10.4. The number of hydrogen-bond acceptors (Lipinski definition) is 4. The lowest BCUT2D eigenvalue weighted by Gasteiger charge is -2.16. The van der Waals surface area contributed by atoms with Crippen molar-refractivity contribution in [3.05, 3.63) is 72.8 Å². The molecule has 0 atom stereocenters. The number of imidazole rings is 1. The van der Waals surface area contributed by atoms with E-state index in [9.17, 15) is 23.1 Å². The normalized spacial score (nSPS) is 12.1. The summed E-state index contributed by atoms with van der Waals surface area (Å²) in [6, 6.07) is 13.3. The topological polar surface area (TPSA) is 91.5 Å². The van der Waals surface area contributed by atoms with Crippen molar-refractivity contribution in [2.24, 2.45) is 0 Å². The highest BCUT2D eigenvalue weighted by atomic mass is 19.4. The summed E-state index contributed by atoms with van der Waals surface area (Å²) in [6.45, 7) is 1.93. The summed E-state index contributed by atoms with van der Waals surface area (Å²) >= 11 is 0. The van der Waals surface area contributed by atoms with Crippen LogP contribution >= 0.6 is 0 Å². The zero-order valence-electron chi connectivity index (χ0n) is 18.4. The quantitative estimate of drug-likeness (QED) is 0.385. The van der Waals surface area contributed by atoms with Gasteiger partial charge in [0, 0.05) is 29.2 Å². The van der Waals surface area contributed by atoms with E-state index < -0.39 is 24.4 Å². The van der Waals surface area contributed by atoms with Gasteiger partial charge in [-0.15, -0.1) is 0 Å². The van der Waals surface area contributed by atoms with Crippen molar-refractivity contribution < 1.29 is 23.1 Å². The molecule has 7 nitrogen and oxygen atoms in total. The predicted octanol–water partition coefficient (Wildman–Crippen LogP) is 4.97. The third kappa shape index (κ3) is 5.34. The van der Waals surface area contributed by atoms with E-state index in [4.69, 9.17) is 0 Å². The zero-order valence-corrected chi connectivity index (χ0v) is 18.4. The van der Waals surface area contributed by atoms with Gasteiger partial charge in [0.2, 0.25) is 0 Å². The van der Waals surface area contributed by atoms with Gasteiger partial charge < -0.3 is 15.7 Å². The van der Waals surface area contributed by atoms with Crippen LogP contribution in [0.2, 0.25) is 0 Å². The summed E-state index contributed by atoms with van der Waals surface area (Å²) in [6.07, 6.45) is 0.745. The van der Waals surface area contributed by atoms with Gasteiger partial charge in [-0.3, -0.25) is 9.38 Å². The standard InChI is InChI=1S/C24H22F3N5O2/c1-23(2,34)20-7-6-17(12-28-20)15-8-9-32-19(13-29-21(32)11-15)16-4-3-5-18(10-16)31-22(33)30-14-24(25,26)27/h3-13,34H,14H2,1-2H3,(H2,30,31,33). The fourth-order valence-electron chi connectivity index (χ4n) is 3.41. The van der Waals surface area contributed by atoms with Crippen molar-refractivity contribution in [1.82, 2.24) is 19.7 Å². The largest absolute Gasteiger partial charge is 0.405 e. The lowest BCUT2D eigenvalue weighted by molar-refractivity contribution is -0.122. The number of rotatable bonds is 5. The number of anilines is 1. The fourth-order valence-corrected chi connectivity index (χ4v) is 3.41. The SMILES string of the molecule is CC(C)(O)c1ccc(-c2ccn3c(-c4cccc(NC(=O)NCC(F)(F)F)c4)cnc3c2)cn1. The number of carbonyl (C=O) groups excluding carboxylic acids is 1. The highest BCUT2D eigenvalue weighted by molar-refractivity contribution is 5.90. The molecule has 3 heterocycles. The molecule has 3 N–H and O–H groups in total. The zero-order chi connectivity index (χ0) is 24.5. The smallest absolute Gasteiger partial charge is 0.384 e. The number of fused-ring (bicyclic) bond motifs is 1. The number of aliphatic hydroxyl groups is 1. The molecular weight excluding hydrogens is 447 g/mol. The summed E-state index contributed by atoms with van der Waals surface area (Å²) < 4.78 is 38.7. The van der Waals surface area contributed by atoms with Crippen molar-refractivity contribution >= 4 is 17.4 Å². The lowest BCUT2D eigenvalue weighted by atomic mass is 10.0. The predicted molar refractivity (Wildman–Crippen MR) is 122 cm³/mol. The van der Waals surface area contributed by atoms with Gasteiger partial charge in [-0.1, -0.05) is 18.2 Å². The van der Waals surface area contributed by atoms with Crippen LogP contribution in [0.5, 0.6) is 0 Å². The molecule has 34 heavy (non-hydrogen) atoms. The Morgan fingerprint density at radius 2 is 1.79 bits per heavy atom. The molecule has 0 saturated carbocycles. The third-order valence-corrected chi connectivity index (χ3v) is 5.10. The molecule has 3 aromatic heterocycles. The van der Waals surface area contributed by atoms with E-state index in [0.29, 0.717) is 17.0 Å². The van der Waals surface area contributed by atoms with Crippen LogP contribution in [0, 0.1) is 0 Å². The van der Waals surface area contributed by atoms with Crippen LogP contribution in [0.15, 0.2) is 67.1 Å². The third-order valence-electron chi connectivity index (χ3n) is 5.10. The van der Waals surface area contributed by atoms with E-state index in [1.165, 1.54) is 0 Å². The van der Waals surface area contributed by atoms with Crippen LogP contribution in [0.1, 0.15) is 19.5 Å². The van der Waals surface area contributed by atoms with Crippen molar-refractivity contribution in [2.45, 2.75) is 25.6 Å². The summed E-state index contributed by atoms with van der Waals surface area (Å²) in [7, 11) is 0. The number of hydrogen-bond donors (Lipinski definition) is 3. The monoisotopic (exact) mass is 469 g/mol. The molecular formula is C24H22F3N5O2. The van der Waals surface area contributed by atoms with E-state index >= 15 is 0 Å². The first-order valence-electron chi connectivity index (χ1n) is 10.4. The number of amides is 2. The molecule has 0 saturated heterocycles. The van der Waals surface area contributed by atoms with Crippen LogP contribution in [0.3, 0.4) is 0 Å². The van der Waals surface area contributed by atoms with Gasteiger partial charge in [-0.25, -0.2) is 9.78 Å². The second-order valence-electron chi connectivity index (χ2n) is 8.28. The maximum absolute atomic E-state index is 12.3. The number of nitrogens with one attached hydrogen (secondary N) is 2. The molecule has 0 unspecified atom stereocenters. The molecule has 0 aliphatic rings. The highest BCUT2D eigenvalue weighted by Crippen LogP contribution is 2.27.